The normalized spacial score (nSPS) is 14.3. The maximum Gasteiger partial charge on any atom is 0.123 e. The second-order valence-electron chi connectivity index (χ2n) is 4.31. The molecule has 1 aromatic rings. The van der Waals surface area contributed by atoms with Gasteiger partial charge in [-0.05, 0) is 18.2 Å². The van der Waals surface area contributed by atoms with E-state index in [9.17, 15) is 4.21 Å². The van der Waals surface area contributed by atoms with Crippen molar-refractivity contribution < 1.29 is 13.7 Å². The molecule has 0 aromatic heterocycles. The van der Waals surface area contributed by atoms with E-state index in [0.717, 1.165) is 11.3 Å². The Kier molecular flexibility index (Phi) is 5.62. The highest BCUT2D eigenvalue weighted by atomic mass is 32.2. The Morgan fingerprint density at radius 3 is 2.44 bits per heavy atom. The molecule has 1 aromatic carbocycles. The Hall–Kier alpha value is -1.07. The predicted octanol–water partition coefficient (Wildman–Crippen LogP) is 1.86. The van der Waals surface area contributed by atoms with Crippen LogP contribution >= 0.6 is 0 Å². The molecule has 0 bridgehead atoms. The predicted molar refractivity (Wildman–Crippen MR) is 74.6 cm³/mol. The summed E-state index contributed by atoms with van der Waals surface area (Å²) in [4.78, 5) is 0. The van der Waals surface area contributed by atoms with Gasteiger partial charge >= 0.3 is 0 Å². The topological polar surface area (TPSA) is 61.6 Å². The van der Waals surface area contributed by atoms with E-state index < -0.39 is 10.8 Å². The first kappa shape index (κ1) is 15.0. The van der Waals surface area contributed by atoms with Gasteiger partial charge in [0.15, 0.2) is 0 Å². The van der Waals surface area contributed by atoms with Crippen LogP contribution in [-0.4, -0.2) is 29.4 Å². The van der Waals surface area contributed by atoms with Gasteiger partial charge in [0.05, 0.1) is 14.2 Å². The van der Waals surface area contributed by atoms with Crippen LogP contribution < -0.4 is 15.2 Å². The largest absolute Gasteiger partial charge is 0.497 e. The molecular weight excluding hydrogens is 250 g/mol. The van der Waals surface area contributed by atoms with Crippen LogP contribution in [0.5, 0.6) is 11.5 Å². The van der Waals surface area contributed by atoms with Gasteiger partial charge < -0.3 is 15.2 Å². The summed E-state index contributed by atoms with van der Waals surface area (Å²) < 4.78 is 22.3. The van der Waals surface area contributed by atoms with Crippen LogP contribution in [0.25, 0.3) is 0 Å². The van der Waals surface area contributed by atoms with E-state index in [1.54, 1.807) is 14.2 Å². The van der Waals surface area contributed by atoms with E-state index in [-0.39, 0.29) is 11.3 Å². The average Bonchev–Trinajstić information content (AvgIpc) is 2.37. The highest BCUT2D eigenvalue weighted by molar-refractivity contribution is 7.85. The van der Waals surface area contributed by atoms with Gasteiger partial charge in [-0.2, -0.15) is 0 Å². The van der Waals surface area contributed by atoms with Crippen LogP contribution in [0.2, 0.25) is 0 Å². The van der Waals surface area contributed by atoms with Crippen molar-refractivity contribution in [3.8, 4) is 11.5 Å². The zero-order valence-corrected chi connectivity index (χ0v) is 12.1. The second-order valence-corrected chi connectivity index (χ2v) is 6.35. The molecular formula is C13H21NO3S. The van der Waals surface area contributed by atoms with Crippen molar-refractivity contribution in [3.63, 3.8) is 0 Å². The van der Waals surface area contributed by atoms with Crippen molar-refractivity contribution in [1.29, 1.82) is 0 Å². The first-order valence-corrected chi connectivity index (χ1v) is 7.22. The van der Waals surface area contributed by atoms with Gasteiger partial charge in [0.1, 0.15) is 11.5 Å². The Morgan fingerprint density at radius 1 is 1.28 bits per heavy atom. The van der Waals surface area contributed by atoms with Gasteiger partial charge in [-0.25, -0.2) is 0 Å². The molecule has 4 nitrogen and oxygen atoms in total. The highest BCUT2D eigenvalue weighted by Gasteiger charge is 2.17. The molecule has 0 amide bonds. The van der Waals surface area contributed by atoms with Crippen molar-refractivity contribution in [2.24, 2.45) is 5.73 Å². The lowest BCUT2D eigenvalue weighted by Crippen LogP contribution is -2.22. The fraction of sp³-hybridized carbons (Fsp3) is 0.538. The van der Waals surface area contributed by atoms with Gasteiger partial charge in [0, 0.05) is 33.4 Å². The summed E-state index contributed by atoms with van der Waals surface area (Å²) in [5.74, 6) is 1.84. The molecule has 0 saturated carbocycles. The summed E-state index contributed by atoms with van der Waals surface area (Å²) in [5, 5.41) is 0.104. The van der Waals surface area contributed by atoms with Gasteiger partial charge in [0.2, 0.25) is 0 Å². The first-order chi connectivity index (χ1) is 8.49. The Bertz CT molecular complexity index is 421. The molecule has 0 radical (unpaired) electrons. The van der Waals surface area contributed by atoms with Gasteiger partial charge in [0.25, 0.3) is 0 Å². The van der Waals surface area contributed by atoms with E-state index in [0.29, 0.717) is 11.5 Å². The van der Waals surface area contributed by atoms with Crippen molar-refractivity contribution in [2.45, 2.75) is 25.1 Å². The number of hydrogen-bond donors (Lipinski definition) is 1. The van der Waals surface area contributed by atoms with Crippen LogP contribution in [-0.2, 0) is 10.8 Å². The molecule has 102 valence electrons. The summed E-state index contributed by atoms with van der Waals surface area (Å²) in [6.45, 7) is 3.84. The third kappa shape index (κ3) is 3.71. The fourth-order valence-corrected chi connectivity index (χ4v) is 2.51. The zero-order valence-electron chi connectivity index (χ0n) is 11.3. The smallest absolute Gasteiger partial charge is 0.123 e. The standard InChI is InChI=1S/C13H21NO3S/c1-9(2)18(15)8-12(14)11-7-10(16-3)5-6-13(11)17-4/h5-7,9,12H,8,14H2,1-4H3. The lowest BCUT2D eigenvalue weighted by atomic mass is 10.1. The molecule has 0 aliphatic carbocycles. The molecule has 0 saturated heterocycles. The number of nitrogens with two attached hydrogens (primary N) is 1. The lowest BCUT2D eigenvalue weighted by Gasteiger charge is -2.17. The molecule has 18 heavy (non-hydrogen) atoms. The minimum Gasteiger partial charge on any atom is -0.497 e. The molecule has 1 rings (SSSR count). The molecule has 5 heteroatoms. The minimum atomic E-state index is -0.943. The van der Waals surface area contributed by atoms with Gasteiger partial charge in [-0.15, -0.1) is 0 Å². The molecule has 2 unspecified atom stereocenters. The molecule has 2 atom stereocenters. The summed E-state index contributed by atoms with van der Waals surface area (Å²) in [6, 6.07) is 5.14. The van der Waals surface area contributed by atoms with E-state index in [1.165, 1.54) is 0 Å². The number of ether oxygens (including phenoxy) is 2. The quantitative estimate of drug-likeness (QED) is 0.858. The van der Waals surface area contributed by atoms with Crippen LogP contribution in [0.3, 0.4) is 0 Å². The Balaban J connectivity index is 2.95. The van der Waals surface area contributed by atoms with Gasteiger partial charge in [-0.3, -0.25) is 4.21 Å². The number of methoxy groups -OCH3 is 2. The second kappa shape index (κ2) is 6.75. The van der Waals surface area contributed by atoms with Crippen molar-refractivity contribution >= 4 is 10.8 Å². The van der Waals surface area contributed by atoms with Crippen LogP contribution in [0.15, 0.2) is 18.2 Å². The van der Waals surface area contributed by atoms with E-state index >= 15 is 0 Å². The summed E-state index contributed by atoms with van der Waals surface area (Å²) >= 11 is 0. The third-order valence-electron chi connectivity index (χ3n) is 2.71. The molecule has 0 spiro atoms. The van der Waals surface area contributed by atoms with Crippen molar-refractivity contribution in [1.82, 2.24) is 0 Å². The molecule has 0 aliphatic rings. The third-order valence-corrected chi connectivity index (χ3v) is 4.45. The number of benzene rings is 1. The van der Waals surface area contributed by atoms with Crippen LogP contribution in [0.1, 0.15) is 25.5 Å². The minimum absolute atomic E-state index is 0.104. The number of rotatable bonds is 6. The monoisotopic (exact) mass is 271 g/mol. The first-order valence-electron chi connectivity index (χ1n) is 5.84. The van der Waals surface area contributed by atoms with E-state index in [2.05, 4.69) is 0 Å². The fourth-order valence-electron chi connectivity index (χ4n) is 1.59. The van der Waals surface area contributed by atoms with E-state index in [4.69, 9.17) is 15.2 Å². The van der Waals surface area contributed by atoms with Crippen molar-refractivity contribution in [2.75, 3.05) is 20.0 Å². The molecule has 0 fully saturated rings. The summed E-state index contributed by atoms with van der Waals surface area (Å²) in [7, 11) is 2.25. The molecule has 2 N–H and O–H groups in total. The maximum atomic E-state index is 11.8. The lowest BCUT2D eigenvalue weighted by molar-refractivity contribution is 0.396. The van der Waals surface area contributed by atoms with Crippen molar-refractivity contribution in [3.05, 3.63) is 23.8 Å². The number of hydrogen-bond acceptors (Lipinski definition) is 4. The maximum absolute atomic E-state index is 11.8. The molecule has 0 aliphatic heterocycles. The Labute approximate surface area is 111 Å². The average molecular weight is 271 g/mol. The highest BCUT2D eigenvalue weighted by Crippen LogP contribution is 2.28. The zero-order chi connectivity index (χ0) is 13.7. The summed E-state index contributed by atoms with van der Waals surface area (Å²) in [5.41, 5.74) is 6.93. The Morgan fingerprint density at radius 2 is 1.94 bits per heavy atom. The SMILES string of the molecule is COc1ccc(OC)c(C(N)CS(=O)C(C)C)c1. The molecule has 0 heterocycles. The van der Waals surface area contributed by atoms with Gasteiger partial charge in [-0.1, -0.05) is 13.8 Å². The summed E-state index contributed by atoms with van der Waals surface area (Å²) in [6.07, 6.45) is 0. The van der Waals surface area contributed by atoms with Crippen LogP contribution in [0.4, 0.5) is 0 Å². The van der Waals surface area contributed by atoms with E-state index in [1.807, 2.05) is 32.0 Å². The van der Waals surface area contributed by atoms with Crippen LogP contribution in [0, 0.1) is 0 Å².